The summed E-state index contributed by atoms with van der Waals surface area (Å²) < 4.78 is 1.84. The Kier molecular flexibility index (Phi) is 7.06. The van der Waals surface area contributed by atoms with Gasteiger partial charge in [-0.25, -0.2) is 24.4 Å². The number of aromatic nitrogens is 5. The van der Waals surface area contributed by atoms with Crippen LogP contribution in [-0.4, -0.2) is 73.3 Å². The molecule has 0 bridgehead atoms. The van der Waals surface area contributed by atoms with Gasteiger partial charge in [-0.05, 0) is 36.4 Å². The second-order valence-electron chi connectivity index (χ2n) is 8.44. The third-order valence-corrected chi connectivity index (χ3v) is 6.23. The number of urea groups is 1. The molecule has 5 rings (SSSR count). The summed E-state index contributed by atoms with van der Waals surface area (Å²) in [5.41, 5.74) is 9.54. The Morgan fingerprint density at radius 3 is 2.58 bits per heavy atom. The number of rotatable bonds is 7. The van der Waals surface area contributed by atoms with Crippen LogP contribution in [0.3, 0.4) is 0 Å². The number of amides is 2. The van der Waals surface area contributed by atoms with Gasteiger partial charge in [0.1, 0.15) is 5.15 Å². The van der Waals surface area contributed by atoms with Crippen LogP contribution < -0.4 is 11.1 Å². The number of nitrogens with one attached hydrogen (secondary N) is 1. The number of para-hydroxylation sites is 1. The molecule has 0 saturated carbocycles. The molecule has 1 saturated heterocycles. The van der Waals surface area contributed by atoms with Crippen molar-refractivity contribution in [2.24, 2.45) is 5.73 Å². The highest BCUT2D eigenvalue weighted by Crippen LogP contribution is 2.23. The van der Waals surface area contributed by atoms with E-state index in [0.29, 0.717) is 24.2 Å². The fourth-order valence-corrected chi connectivity index (χ4v) is 4.41. The van der Waals surface area contributed by atoms with Crippen LogP contribution in [0.2, 0.25) is 5.15 Å². The van der Waals surface area contributed by atoms with Gasteiger partial charge in [0.25, 0.3) is 0 Å². The summed E-state index contributed by atoms with van der Waals surface area (Å²) in [6.07, 6.45) is 4.19. The number of benzene rings is 1. The molecule has 0 aliphatic carbocycles. The standard InChI is InChI=1S/C25H26ClN9O/c26-23-17-19(16-18(30-23)8-11-33-12-14-34(15-13-33)24(27)36)31-25-28-9-6-21(32-25)22-7-10-29-35(22)20-4-2-1-3-5-20/h1-7,9-10,16-17H,8,11-15H2,(H2,27,36)(H,28,30,31,32). The summed E-state index contributed by atoms with van der Waals surface area (Å²) >= 11 is 6.32. The maximum atomic E-state index is 11.3. The Hall–Kier alpha value is -4.02. The molecular weight excluding hydrogens is 478 g/mol. The maximum absolute atomic E-state index is 11.3. The van der Waals surface area contributed by atoms with E-state index in [1.54, 1.807) is 23.4 Å². The molecule has 1 aromatic carbocycles. The molecule has 0 atom stereocenters. The number of carbonyl (C=O) groups excluding carboxylic acids is 1. The van der Waals surface area contributed by atoms with Crippen LogP contribution in [0, 0.1) is 0 Å². The normalized spacial score (nSPS) is 14.1. The van der Waals surface area contributed by atoms with Crippen LogP contribution in [0.15, 0.2) is 67.0 Å². The molecule has 4 aromatic rings. The lowest BCUT2D eigenvalue weighted by molar-refractivity contribution is 0.145. The second-order valence-corrected chi connectivity index (χ2v) is 8.83. The average molecular weight is 504 g/mol. The molecule has 2 amide bonds. The summed E-state index contributed by atoms with van der Waals surface area (Å²) in [6, 6.07) is 17.0. The van der Waals surface area contributed by atoms with E-state index in [0.717, 1.165) is 54.5 Å². The third kappa shape index (κ3) is 5.61. The van der Waals surface area contributed by atoms with Crippen molar-refractivity contribution in [2.45, 2.75) is 6.42 Å². The highest BCUT2D eigenvalue weighted by atomic mass is 35.5. The Balaban J connectivity index is 1.27. The van der Waals surface area contributed by atoms with Crippen LogP contribution in [-0.2, 0) is 6.42 Å². The summed E-state index contributed by atoms with van der Waals surface area (Å²) in [4.78, 5) is 28.8. The Bertz CT molecular complexity index is 1340. The van der Waals surface area contributed by atoms with E-state index in [9.17, 15) is 4.79 Å². The van der Waals surface area contributed by atoms with Crippen molar-refractivity contribution in [3.05, 3.63) is 77.8 Å². The Morgan fingerprint density at radius 2 is 1.81 bits per heavy atom. The number of hydrogen-bond acceptors (Lipinski definition) is 7. The van der Waals surface area contributed by atoms with E-state index >= 15 is 0 Å². The van der Waals surface area contributed by atoms with E-state index in [4.69, 9.17) is 22.3 Å². The smallest absolute Gasteiger partial charge is 0.314 e. The molecule has 11 heteroatoms. The van der Waals surface area contributed by atoms with E-state index in [1.807, 2.05) is 53.2 Å². The van der Waals surface area contributed by atoms with Crippen molar-refractivity contribution in [2.75, 3.05) is 38.0 Å². The minimum Gasteiger partial charge on any atom is -0.351 e. The fraction of sp³-hybridized carbons (Fsp3) is 0.240. The zero-order chi connectivity index (χ0) is 24.9. The lowest BCUT2D eigenvalue weighted by atomic mass is 10.2. The van der Waals surface area contributed by atoms with Crippen molar-refractivity contribution >= 4 is 29.3 Å². The van der Waals surface area contributed by atoms with Crippen molar-refractivity contribution in [3.63, 3.8) is 0 Å². The predicted molar refractivity (Wildman–Crippen MR) is 138 cm³/mol. The van der Waals surface area contributed by atoms with E-state index in [1.165, 1.54) is 0 Å². The predicted octanol–water partition coefficient (Wildman–Crippen LogP) is 3.36. The van der Waals surface area contributed by atoms with Crippen LogP contribution in [0.1, 0.15) is 5.69 Å². The number of hydrogen-bond donors (Lipinski definition) is 2. The average Bonchev–Trinajstić information content (AvgIpc) is 3.38. The fourth-order valence-electron chi connectivity index (χ4n) is 4.18. The minimum atomic E-state index is -0.363. The molecule has 184 valence electrons. The molecule has 0 radical (unpaired) electrons. The molecular formula is C25H26ClN9O. The van der Waals surface area contributed by atoms with Crippen molar-refractivity contribution in [1.29, 1.82) is 0 Å². The first-order chi connectivity index (χ1) is 17.5. The number of carbonyl (C=O) groups is 1. The molecule has 1 aliphatic rings. The minimum absolute atomic E-state index is 0.363. The monoisotopic (exact) mass is 503 g/mol. The van der Waals surface area contributed by atoms with E-state index in [2.05, 4.69) is 25.3 Å². The molecule has 36 heavy (non-hydrogen) atoms. The van der Waals surface area contributed by atoms with Gasteiger partial charge in [0, 0.05) is 56.7 Å². The zero-order valence-corrected chi connectivity index (χ0v) is 20.3. The number of piperazine rings is 1. The molecule has 3 N–H and O–H groups in total. The van der Waals surface area contributed by atoms with Crippen molar-refractivity contribution in [3.8, 4) is 17.1 Å². The molecule has 3 aromatic heterocycles. The largest absolute Gasteiger partial charge is 0.351 e. The van der Waals surface area contributed by atoms with E-state index in [-0.39, 0.29) is 6.03 Å². The van der Waals surface area contributed by atoms with Gasteiger partial charge >= 0.3 is 6.03 Å². The molecule has 1 aliphatic heterocycles. The third-order valence-electron chi connectivity index (χ3n) is 6.03. The van der Waals surface area contributed by atoms with E-state index < -0.39 is 0 Å². The molecule has 4 heterocycles. The molecule has 1 fully saturated rings. The number of nitrogens with two attached hydrogens (primary N) is 1. The second kappa shape index (κ2) is 10.7. The first kappa shape index (κ1) is 23.7. The van der Waals surface area contributed by atoms with Crippen LogP contribution >= 0.6 is 11.6 Å². The van der Waals surface area contributed by atoms with Gasteiger partial charge in [0.05, 0.1) is 23.3 Å². The lowest BCUT2D eigenvalue weighted by Gasteiger charge is -2.33. The van der Waals surface area contributed by atoms with Crippen LogP contribution in [0.25, 0.3) is 17.1 Å². The summed E-state index contributed by atoms with van der Waals surface area (Å²) in [5, 5.41) is 8.10. The quantitative estimate of drug-likeness (QED) is 0.371. The number of pyridine rings is 1. The zero-order valence-electron chi connectivity index (χ0n) is 19.6. The van der Waals surface area contributed by atoms with Gasteiger partial charge in [-0.2, -0.15) is 5.10 Å². The van der Waals surface area contributed by atoms with Crippen LogP contribution in [0.4, 0.5) is 16.4 Å². The Labute approximate surface area is 213 Å². The molecule has 10 nitrogen and oxygen atoms in total. The number of nitrogens with zero attached hydrogens (tertiary/aromatic N) is 7. The van der Waals surface area contributed by atoms with Gasteiger partial charge in [0.15, 0.2) is 0 Å². The number of halogens is 1. The lowest BCUT2D eigenvalue weighted by Crippen LogP contribution is -2.50. The molecule has 0 unspecified atom stereocenters. The number of anilines is 2. The Morgan fingerprint density at radius 1 is 1.00 bits per heavy atom. The van der Waals surface area contributed by atoms with Gasteiger partial charge in [-0.1, -0.05) is 29.8 Å². The van der Waals surface area contributed by atoms with Crippen molar-refractivity contribution < 1.29 is 4.79 Å². The van der Waals surface area contributed by atoms with Crippen LogP contribution in [0.5, 0.6) is 0 Å². The van der Waals surface area contributed by atoms with Gasteiger partial charge in [0.2, 0.25) is 5.95 Å². The maximum Gasteiger partial charge on any atom is 0.314 e. The van der Waals surface area contributed by atoms with Crippen molar-refractivity contribution in [1.82, 2.24) is 34.5 Å². The summed E-state index contributed by atoms with van der Waals surface area (Å²) in [7, 11) is 0. The molecule has 0 spiro atoms. The van der Waals surface area contributed by atoms with Gasteiger partial charge in [-0.3, -0.25) is 4.90 Å². The van der Waals surface area contributed by atoms with Gasteiger partial charge in [-0.15, -0.1) is 0 Å². The van der Waals surface area contributed by atoms with Gasteiger partial charge < -0.3 is 16.0 Å². The topological polar surface area (TPSA) is 118 Å². The highest BCUT2D eigenvalue weighted by molar-refractivity contribution is 6.29. The SMILES string of the molecule is NC(=O)N1CCN(CCc2cc(Nc3nccc(-c4ccnn4-c4ccccc4)n3)cc(Cl)n2)CC1. The summed E-state index contributed by atoms with van der Waals surface area (Å²) in [5.74, 6) is 0.448. The highest BCUT2D eigenvalue weighted by Gasteiger charge is 2.19. The first-order valence-electron chi connectivity index (χ1n) is 11.7. The summed E-state index contributed by atoms with van der Waals surface area (Å²) in [6.45, 7) is 3.67. The first-order valence-corrected chi connectivity index (χ1v) is 12.1. The number of primary amides is 1.